The molecule has 0 saturated heterocycles. The Balaban J connectivity index is 2.14. The number of hydrogen-bond acceptors (Lipinski definition) is 5. The van der Waals surface area contributed by atoms with E-state index in [0.29, 0.717) is 0 Å². The molecule has 0 bridgehead atoms. The molecule has 0 radical (unpaired) electrons. The third kappa shape index (κ3) is 2.11. The first-order valence-corrected chi connectivity index (χ1v) is 6.98. The molecule has 3 aromatic rings. The molecule has 0 aliphatic heterocycles. The van der Waals surface area contributed by atoms with Crippen molar-refractivity contribution >= 4 is 22.3 Å². The third-order valence-corrected chi connectivity index (χ3v) is 4.09. The minimum atomic E-state index is -0.214. The lowest BCUT2D eigenvalue weighted by Gasteiger charge is -2.13. The molecule has 1 unspecified atom stereocenters. The summed E-state index contributed by atoms with van der Waals surface area (Å²) in [4.78, 5) is 5.31. The average Bonchev–Trinajstić information content (AvgIpc) is 2.94. The van der Waals surface area contributed by atoms with Gasteiger partial charge in [0.2, 0.25) is 0 Å². The third-order valence-electron chi connectivity index (χ3n) is 3.24. The predicted molar refractivity (Wildman–Crippen MR) is 77.1 cm³/mol. The molecule has 19 heavy (non-hydrogen) atoms. The van der Waals surface area contributed by atoms with Crippen molar-refractivity contribution < 1.29 is 0 Å². The largest absolute Gasteiger partial charge is 0.319 e. The number of benzene rings is 1. The van der Waals surface area contributed by atoms with Gasteiger partial charge in [-0.05, 0) is 23.3 Å². The monoisotopic (exact) mass is 270 g/mol. The van der Waals surface area contributed by atoms with E-state index >= 15 is 0 Å². The second-order valence-electron chi connectivity index (χ2n) is 4.36. The van der Waals surface area contributed by atoms with Crippen LogP contribution in [0.15, 0.2) is 36.7 Å². The SMILES string of the molecule is CCc1nnsc1C(N)c1cncc2ccccc12. The van der Waals surface area contributed by atoms with Gasteiger partial charge in [-0.2, -0.15) is 0 Å². The lowest BCUT2D eigenvalue weighted by molar-refractivity contribution is 0.855. The van der Waals surface area contributed by atoms with Crippen LogP contribution in [0.4, 0.5) is 0 Å². The topological polar surface area (TPSA) is 64.7 Å². The maximum atomic E-state index is 6.39. The Labute approximate surface area is 115 Å². The molecular weight excluding hydrogens is 256 g/mol. The van der Waals surface area contributed by atoms with Crippen LogP contribution in [-0.4, -0.2) is 14.6 Å². The smallest absolute Gasteiger partial charge is 0.0804 e. The Morgan fingerprint density at radius 3 is 2.95 bits per heavy atom. The van der Waals surface area contributed by atoms with Crippen LogP contribution < -0.4 is 5.73 Å². The molecule has 0 amide bonds. The van der Waals surface area contributed by atoms with Crippen LogP contribution in [0.3, 0.4) is 0 Å². The summed E-state index contributed by atoms with van der Waals surface area (Å²) in [6.45, 7) is 2.06. The molecule has 1 atom stereocenters. The number of nitrogens with zero attached hydrogens (tertiary/aromatic N) is 3. The van der Waals surface area contributed by atoms with Crippen molar-refractivity contribution in [2.24, 2.45) is 5.73 Å². The zero-order chi connectivity index (χ0) is 13.2. The molecule has 3 rings (SSSR count). The van der Waals surface area contributed by atoms with Crippen molar-refractivity contribution in [3.63, 3.8) is 0 Å². The number of fused-ring (bicyclic) bond motifs is 1. The van der Waals surface area contributed by atoms with Crippen molar-refractivity contribution in [3.05, 3.63) is 52.8 Å². The standard InChI is InChI=1S/C14H14N4S/c1-2-12-14(19-18-17-12)13(15)11-8-16-7-9-5-3-4-6-10(9)11/h3-8,13H,2,15H2,1H3. The van der Waals surface area contributed by atoms with Gasteiger partial charge in [0.15, 0.2) is 0 Å². The summed E-state index contributed by atoms with van der Waals surface area (Å²) in [5.74, 6) is 0. The molecule has 0 aliphatic rings. The van der Waals surface area contributed by atoms with Gasteiger partial charge in [0.05, 0.1) is 16.6 Å². The summed E-state index contributed by atoms with van der Waals surface area (Å²) < 4.78 is 4.01. The molecule has 0 spiro atoms. The van der Waals surface area contributed by atoms with Gasteiger partial charge in [-0.1, -0.05) is 35.7 Å². The van der Waals surface area contributed by atoms with Gasteiger partial charge in [0.1, 0.15) is 0 Å². The van der Waals surface area contributed by atoms with Crippen LogP contribution in [0.25, 0.3) is 10.8 Å². The fraction of sp³-hybridized carbons (Fsp3) is 0.214. The molecule has 4 nitrogen and oxygen atoms in total. The summed E-state index contributed by atoms with van der Waals surface area (Å²) in [5.41, 5.74) is 8.40. The van der Waals surface area contributed by atoms with E-state index in [-0.39, 0.29) is 6.04 Å². The Kier molecular flexibility index (Phi) is 3.23. The normalized spacial score (nSPS) is 12.7. The number of rotatable bonds is 3. The second-order valence-corrected chi connectivity index (χ2v) is 5.15. The van der Waals surface area contributed by atoms with Crippen LogP contribution >= 0.6 is 11.5 Å². The molecule has 0 aliphatic carbocycles. The van der Waals surface area contributed by atoms with Crippen molar-refractivity contribution in [2.45, 2.75) is 19.4 Å². The highest BCUT2D eigenvalue weighted by molar-refractivity contribution is 7.05. The van der Waals surface area contributed by atoms with E-state index in [9.17, 15) is 0 Å². The van der Waals surface area contributed by atoms with Crippen LogP contribution in [0.5, 0.6) is 0 Å². The molecule has 5 heteroatoms. The molecule has 1 aromatic carbocycles. The summed E-state index contributed by atoms with van der Waals surface area (Å²) in [6, 6.07) is 7.93. The van der Waals surface area contributed by atoms with E-state index in [2.05, 4.69) is 27.6 Å². The fourth-order valence-electron chi connectivity index (χ4n) is 2.23. The van der Waals surface area contributed by atoms with E-state index < -0.39 is 0 Å². The fourth-order valence-corrected chi connectivity index (χ4v) is 2.98. The van der Waals surface area contributed by atoms with Crippen LogP contribution in [0, 0.1) is 0 Å². The Morgan fingerprint density at radius 2 is 2.11 bits per heavy atom. The quantitative estimate of drug-likeness (QED) is 0.794. The van der Waals surface area contributed by atoms with Crippen LogP contribution in [0.2, 0.25) is 0 Å². The van der Waals surface area contributed by atoms with Gasteiger partial charge < -0.3 is 5.73 Å². The summed E-state index contributed by atoms with van der Waals surface area (Å²) in [6.07, 6.45) is 4.54. The molecule has 2 heterocycles. The second kappa shape index (κ2) is 5.03. The number of aromatic nitrogens is 3. The summed E-state index contributed by atoms with van der Waals surface area (Å²) in [5, 5.41) is 6.37. The first-order valence-electron chi connectivity index (χ1n) is 6.20. The molecule has 0 fully saturated rings. The van der Waals surface area contributed by atoms with Crippen LogP contribution in [0.1, 0.15) is 29.1 Å². The van der Waals surface area contributed by atoms with E-state index in [0.717, 1.165) is 33.3 Å². The number of hydrogen-bond donors (Lipinski definition) is 1. The maximum Gasteiger partial charge on any atom is 0.0804 e. The van der Waals surface area contributed by atoms with Crippen molar-refractivity contribution in [1.82, 2.24) is 14.6 Å². The maximum absolute atomic E-state index is 6.39. The molecular formula is C14H14N4S. The molecule has 0 saturated carbocycles. The van der Waals surface area contributed by atoms with E-state index in [1.54, 1.807) is 0 Å². The summed E-state index contributed by atoms with van der Waals surface area (Å²) >= 11 is 1.37. The number of aryl methyl sites for hydroxylation is 1. The first kappa shape index (κ1) is 12.2. The average molecular weight is 270 g/mol. The van der Waals surface area contributed by atoms with Gasteiger partial charge in [-0.15, -0.1) is 5.10 Å². The molecule has 2 aromatic heterocycles. The predicted octanol–water partition coefficient (Wildman–Crippen LogP) is 2.70. The van der Waals surface area contributed by atoms with Gasteiger partial charge in [-0.25, -0.2) is 0 Å². The zero-order valence-corrected chi connectivity index (χ0v) is 11.4. The van der Waals surface area contributed by atoms with Gasteiger partial charge in [-0.3, -0.25) is 4.98 Å². The Morgan fingerprint density at radius 1 is 1.26 bits per heavy atom. The minimum absolute atomic E-state index is 0.214. The van der Waals surface area contributed by atoms with E-state index in [1.807, 2.05) is 30.6 Å². The van der Waals surface area contributed by atoms with Crippen molar-refractivity contribution in [1.29, 1.82) is 0 Å². The van der Waals surface area contributed by atoms with Gasteiger partial charge >= 0.3 is 0 Å². The summed E-state index contributed by atoms with van der Waals surface area (Å²) in [7, 11) is 0. The van der Waals surface area contributed by atoms with Crippen molar-refractivity contribution in [2.75, 3.05) is 0 Å². The minimum Gasteiger partial charge on any atom is -0.319 e. The van der Waals surface area contributed by atoms with Gasteiger partial charge in [0.25, 0.3) is 0 Å². The van der Waals surface area contributed by atoms with E-state index in [4.69, 9.17) is 5.73 Å². The highest BCUT2D eigenvalue weighted by Gasteiger charge is 2.18. The lowest BCUT2D eigenvalue weighted by Crippen LogP contribution is -2.13. The number of nitrogens with two attached hydrogens (primary N) is 1. The Bertz CT molecular complexity index is 702. The Hall–Kier alpha value is -1.85. The highest BCUT2D eigenvalue weighted by Crippen LogP contribution is 2.29. The molecule has 96 valence electrons. The van der Waals surface area contributed by atoms with Crippen molar-refractivity contribution in [3.8, 4) is 0 Å². The molecule has 2 N–H and O–H groups in total. The lowest BCUT2D eigenvalue weighted by atomic mass is 10.00. The first-order chi connectivity index (χ1) is 9.31. The van der Waals surface area contributed by atoms with E-state index in [1.165, 1.54) is 11.5 Å². The van der Waals surface area contributed by atoms with Gasteiger partial charge in [0, 0.05) is 23.3 Å². The highest BCUT2D eigenvalue weighted by atomic mass is 32.1. The number of pyridine rings is 1. The zero-order valence-electron chi connectivity index (χ0n) is 10.6. The van der Waals surface area contributed by atoms with Crippen LogP contribution in [-0.2, 0) is 6.42 Å².